The first-order valence-corrected chi connectivity index (χ1v) is 2.86. The Morgan fingerprint density at radius 1 is 1.27 bits per heavy atom. The summed E-state index contributed by atoms with van der Waals surface area (Å²) in [6.07, 6.45) is 0. The van der Waals surface area contributed by atoms with Crippen LogP contribution in [-0.4, -0.2) is 56.5 Å². The van der Waals surface area contributed by atoms with Crippen LogP contribution in [0.4, 0.5) is 0 Å². The fourth-order valence-electron chi connectivity index (χ4n) is 0.211. The molecule has 0 aliphatic heterocycles. The predicted molar refractivity (Wildman–Crippen MR) is 50.0 cm³/mol. The summed E-state index contributed by atoms with van der Waals surface area (Å²) in [7, 11) is 0. The summed E-state index contributed by atoms with van der Waals surface area (Å²) in [6.45, 7) is 3.89. The first-order chi connectivity index (χ1) is 3.13. The van der Waals surface area contributed by atoms with Crippen molar-refractivity contribution >= 4 is 75.3 Å². The average Bonchev–Trinajstić information content (AvgIpc) is 1.27. The smallest absolute Gasteiger partial charge is 1.00 e. The predicted octanol–water partition coefficient (Wildman–Crippen LogP) is -5.15. The molecule has 0 atom stereocenters. The Kier molecular flexibility index (Phi) is 48.8. The molecule has 11 heavy (non-hydrogen) atoms. The zero-order valence-electron chi connectivity index (χ0n) is 6.51. The van der Waals surface area contributed by atoms with Crippen LogP contribution in [-0.2, 0) is 12.6 Å². The van der Waals surface area contributed by atoms with E-state index in [1.807, 2.05) is 13.8 Å². The van der Waals surface area contributed by atoms with Crippen LogP contribution in [0.3, 0.4) is 0 Å². The van der Waals surface area contributed by atoms with Gasteiger partial charge >= 0.3 is 46.1 Å². The van der Waals surface area contributed by atoms with Gasteiger partial charge in [-0.3, -0.25) is 4.32 Å². The molecule has 1 nitrogen and oxygen atoms in total. The summed E-state index contributed by atoms with van der Waals surface area (Å²) in [4.78, 5) is 0. The van der Waals surface area contributed by atoms with Gasteiger partial charge in [0.05, 0.1) is 0 Å². The first kappa shape index (κ1) is 29.2. The topological polar surface area (TPSA) is 14.1 Å². The van der Waals surface area contributed by atoms with Crippen LogP contribution < -0.4 is 34.0 Å². The molecule has 0 N–H and O–H groups in total. The van der Waals surface area contributed by atoms with Crippen molar-refractivity contribution in [2.45, 2.75) is 19.9 Å². The molecule has 0 heterocycles. The molecule has 0 aromatic rings. The molecule has 0 spiro atoms. The average molecular weight is 342 g/mol. The third-order valence-corrected chi connectivity index (χ3v) is 0.574. The largest absolute Gasteiger partial charge is 2.00 e. The number of halogens is 2. The van der Waals surface area contributed by atoms with Crippen LogP contribution in [0.5, 0.6) is 0 Å². The summed E-state index contributed by atoms with van der Waals surface area (Å²) in [5, 5.41) is 3.82. The third-order valence-electron chi connectivity index (χ3n) is 0.364. The molecule has 0 radical (unpaired) electrons. The van der Waals surface area contributed by atoms with E-state index in [0.29, 0.717) is 4.32 Å². The van der Waals surface area contributed by atoms with E-state index >= 15 is 0 Å². The quantitative estimate of drug-likeness (QED) is 0.269. The second-order valence-electron chi connectivity index (χ2n) is 1.49. The van der Waals surface area contributed by atoms with Gasteiger partial charge in [-0.1, -0.05) is 13.8 Å². The molecule has 0 bridgehead atoms. The van der Waals surface area contributed by atoms with Crippen LogP contribution in [0, 0.1) is 0 Å². The van der Waals surface area contributed by atoms with Gasteiger partial charge in [0.1, 0.15) is 0 Å². The van der Waals surface area contributed by atoms with Crippen molar-refractivity contribution in [1.82, 2.24) is 0 Å². The molecular weight excluding hydrogens is 335 g/mol. The molecule has 0 rings (SSSR count). The van der Waals surface area contributed by atoms with Crippen molar-refractivity contribution < 1.29 is 34.0 Å². The Bertz CT molecular complexity index is 84.5. The summed E-state index contributed by atoms with van der Waals surface area (Å²) in [5.74, 6) is 0. The van der Waals surface area contributed by atoms with E-state index in [2.05, 4.69) is 30.2 Å². The maximum Gasteiger partial charge on any atom is 2.00 e. The van der Waals surface area contributed by atoms with Crippen molar-refractivity contribution in [2.24, 2.45) is 0 Å². The molecule has 0 aliphatic rings. The molecule has 0 saturated heterocycles. The molecule has 0 amide bonds. The SMILES string of the molecule is CC(C)[N-]C(=S)[S-].[Br-].[Br-].[Mg+2].[Mg+2]. The van der Waals surface area contributed by atoms with E-state index < -0.39 is 0 Å². The number of nitrogens with zero attached hydrogens (tertiary/aromatic N) is 1. The van der Waals surface area contributed by atoms with E-state index in [-0.39, 0.29) is 86.1 Å². The zero-order valence-corrected chi connectivity index (χ0v) is 14.1. The van der Waals surface area contributed by atoms with Gasteiger partial charge in [-0.25, -0.2) is 0 Å². The Morgan fingerprint density at radius 2 is 1.55 bits per heavy atom. The summed E-state index contributed by atoms with van der Waals surface area (Å²) in [5.41, 5.74) is 0. The maximum atomic E-state index is 4.52. The minimum atomic E-state index is 0. The number of thiocarbonyl (C=S) groups is 1. The van der Waals surface area contributed by atoms with Crippen molar-refractivity contribution in [2.75, 3.05) is 0 Å². The molecular formula is C4H7Br2Mg2NS2. The summed E-state index contributed by atoms with van der Waals surface area (Å²) in [6, 6.07) is 0.255. The summed E-state index contributed by atoms with van der Waals surface area (Å²) >= 11 is 9.04. The number of hydrogen-bond donors (Lipinski definition) is 0. The standard InChI is InChI=1S/C4H9NS2.2BrH.2Mg/c1-3(2)5-4(6)7;;;;/h3H,1-2H3,(H2,5,6,7);2*1H;;/q;;;2*+2/p-4. The second-order valence-corrected chi connectivity index (χ2v) is 2.52. The Labute approximate surface area is 132 Å². The number of hydrogen-bond acceptors (Lipinski definition) is 2. The van der Waals surface area contributed by atoms with Gasteiger partial charge in [0.25, 0.3) is 0 Å². The Balaban J connectivity index is -0.0000000300. The monoisotopic (exact) mass is 339 g/mol. The van der Waals surface area contributed by atoms with Gasteiger partial charge in [-0.05, 0) is 0 Å². The molecule has 0 aliphatic carbocycles. The van der Waals surface area contributed by atoms with E-state index in [1.54, 1.807) is 0 Å². The van der Waals surface area contributed by atoms with Gasteiger partial charge in [-0.2, -0.15) is 0 Å². The number of rotatable bonds is 1. The molecule has 0 aromatic carbocycles. The van der Waals surface area contributed by atoms with Crippen LogP contribution in [0.25, 0.3) is 5.32 Å². The van der Waals surface area contributed by atoms with Crippen molar-refractivity contribution in [1.29, 1.82) is 0 Å². The van der Waals surface area contributed by atoms with Crippen LogP contribution in [0.1, 0.15) is 13.8 Å². The third kappa shape index (κ3) is 32.5. The van der Waals surface area contributed by atoms with Gasteiger partial charge in [0, 0.05) is 0 Å². The second kappa shape index (κ2) is 18.4. The molecule has 7 heteroatoms. The molecule has 0 saturated carbocycles. The van der Waals surface area contributed by atoms with E-state index in [9.17, 15) is 0 Å². The van der Waals surface area contributed by atoms with Gasteiger partial charge < -0.3 is 64.1 Å². The van der Waals surface area contributed by atoms with Gasteiger partial charge in [0.15, 0.2) is 0 Å². The van der Waals surface area contributed by atoms with Gasteiger partial charge in [0.2, 0.25) is 0 Å². The maximum absolute atomic E-state index is 4.52. The van der Waals surface area contributed by atoms with E-state index in [1.165, 1.54) is 0 Å². The van der Waals surface area contributed by atoms with E-state index in [0.717, 1.165) is 0 Å². The zero-order chi connectivity index (χ0) is 5.86. The van der Waals surface area contributed by atoms with Crippen molar-refractivity contribution in [3.63, 3.8) is 0 Å². The first-order valence-electron chi connectivity index (χ1n) is 2.04. The fraction of sp³-hybridized carbons (Fsp3) is 0.750. The van der Waals surface area contributed by atoms with Crippen molar-refractivity contribution in [3.05, 3.63) is 5.32 Å². The van der Waals surface area contributed by atoms with E-state index in [4.69, 9.17) is 0 Å². The van der Waals surface area contributed by atoms with Crippen LogP contribution >= 0.6 is 12.2 Å². The van der Waals surface area contributed by atoms with Crippen molar-refractivity contribution in [3.8, 4) is 0 Å². The summed E-state index contributed by atoms with van der Waals surface area (Å²) < 4.78 is 0.329. The molecule has 0 unspecified atom stereocenters. The Hall–Kier alpha value is 2.60. The molecule has 58 valence electrons. The molecule has 0 fully saturated rings. The van der Waals surface area contributed by atoms with Gasteiger partial charge in [-0.15, -0.1) is 6.04 Å². The van der Waals surface area contributed by atoms with Crippen LogP contribution in [0.15, 0.2) is 0 Å². The Morgan fingerprint density at radius 3 is 1.55 bits per heavy atom. The van der Waals surface area contributed by atoms with Crippen LogP contribution in [0.2, 0.25) is 0 Å². The minimum absolute atomic E-state index is 0. The minimum Gasteiger partial charge on any atom is -1.00 e. The fourth-order valence-corrected chi connectivity index (χ4v) is 0.632. The normalized spacial score (nSPS) is 5.73. The molecule has 0 aromatic heterocycles.